The lowest BCUT2D eigenvalue weighted by atomic mass is 10.2. The Kier molecular flexibility index (Phi) is 8.01. The maximum atomic E-state index is 12.2. The molecule has 0 saturated heterocycles. The van der Waals surface area contributed by atoms with Crippen LogP contribution in [-0.4, -0.2) is 39.5 Å². The van der Waals surface area contributed by atoms with E-state index in [1.807, 2.05) is 0 Å². The molecule has 0 aliphatic heterocycles. The van der Waals surface area contributed by atoms with E-state index >= 15 is 0 Å². The van der Waals surface area contributed by atoms with Crippen LogP contribution in [0.1, 0.15) is 12.0 Å². The average molecular weight is 419 g/mol. The zero-order chi connectivity index (χ0) is 21.3. The number of methoxy groups -OCH3 is 1. The third-order valence-electron chi connectivity index (χ3n) is 3.78. The molecule has 0 spiro atoms. The smallest absolute Gasteiger partial charge is 0.269 e. The van der Waals surface area contributed by atoms with Gasteiger partial charge in [-0.15, -0.1) is 0 Å². The third kappa shape index (κ3) is 7.11. The van der Waals surface area contributed by atoms with E-state index in [2.05, 4.69) is 10.0 Å². The number of hydrogen-bond acceptors (Lipinski definition) is 6. The van der Waals surface area contributed by atoms with Gasteiger partial charge in [-0.05, 0) is 54.5 Å². The van der Waals surface area contributed by atoms with Crippen molar-refractivity contribution < 1.29 is 22.9 Å². The molecule has 2 N–H and O–H groups in total. The van der Waals surface area contributed by atoms with Gasteiger partial charge < -0.3 is 10.1 Å². The first-order valence-electron chi connectivity index (χ1n) is 8.64. The van der Waals surface area contributed by atoms with Crippen LogP contribution in [0.5, 0.6) is 0 Å². The lowest BCUT2D eigenvalue weighted by molar-refractivity contribution is -0.384. The number of anilines is 1. The molecule has 2 aromatic rings. The molecular formula is C19H21N3O6S. The number of benzene rings is 2. The summed E-state index contributed by atoms with van der Waals surface area (Å²) in [5, 5.41) is 13.2. The highest BCUT2D eigenvalue weighted by molar-refractivity contribution is 7.89. The van der Waals surface area contributed by atoms with E-state index < -0.39 is 20.9 Å². The second kappa shape index (κ2) is 10.5. The van der Waals surface area contributed by atoms with Crippen molar-refractivity contribution in [3.63, 3.8) is 0 Å². The minimum absolute atomic E-state index is 0.0326. The van der Waals surface area contributed by atoms with E-state index in [1.165, 1.54) is 60.7 Å². The molecule has 0 aliphatic carbocycles. The SMILES string of the molecule is COCCCNS(=O)(=O)c1ccc(NC(=O)/C=C/c2ccc([N+](=O)[O-])cc2)cc1. The molecule has 0 radical (unpaired) electrons. The van der Waals surface area contributed by atoms with Crippen LogP contribution in [0.4, 0.5) is 11.4 Å². The van der Waals surface area contributed by atoms with Gasteiger partial charge in [0.25, 0.3) is 5.69 Å². The van der Waals surface area contributed by atoms with Crippen LogP contribution >= 0.6 is 0 Å². The standard InChI is InChI=1S/C19H21N3O6S/c1-28-14-2-13-20-29(26,27)18-10-6-16(7-11-18)21-19(23)12-5-15-3-8-17(9-4-15)22(24)25/h3-12,20H,2,13-14H2,1H3,(H,21,23)/b12-5+. The molecule has 154 valence electrons. The number of sulfonamides is 1. The highest BCUT2D eigenvalue weighted by atomic mass is 32.2. The lowest BCUT2D eigenvalue weighted by Gasteiger charge is -2.08. The number of nitrogens with one attached hydrogen (secondary N) is 2. The van der Waals surface area contributed by atoms with Crippen molar-refractivity contribution >= 4 is 33.4 Å². The van der Waals surface area contributed by atoms with Gasteiger partial charge in [-0.2, -0.15) is 0 Å². The van der Waals surface area contributed by atoms with Crippen molar-refractivity contribution in [2.75, 3.05) is 25.6 Å². The summed E-state index contributed by atoms with van der Waals surface area (Å²) in [7, 11) is -2.08. The topological polar surface area (TPSA) is 128 Å². The zero-order valence-corrected chi connectivity index (χ0v) is 16.5. The molecule has 1 amide bonds. The fourth-order valence-corrected chi connectivity index (χ4v) is 3.36. The van der Waals surface area contributed by atoms with E-state index in [1.54, 1.807) is 7.11 Å². The average Bonchev–Trinajstić information content (AvgIpc) is 2.70. The molecule has 0 fully saturated rings. The van der Waals surface area contributed by atoms with Gasteiger partial charge in [-0.25, -0.2) is 13.1 Å². The second-order valence-electron chi connectivity index (χ2n) is 5.94. The molecule has 9 nitrogen and oxygen atoms in total. The molecular weight excluding hydrogens is 398 g/mol. The van der Waals surface area contributed by atoms with Gasteiger partial charge in [-0.1, -0.05) is 0 Å². The van der Waals surface area contributed by atoms with Crippen molar-refractivity contribution in [3.8, 4) is 0 Å². The molecule has 2 aromatic carbocycles. The Morgan fingerprint density at radius 2 is 1.79 bits per heavy atom. The fourth-order valence-electron chi connectivity index (χ4n) is 2.29. The normalized spacial score (nSPS) is 11.5. The number of hydrogen-bond donors (Lipinski definition) is 2. The molecule has 0 aliphatic rings. The summed E-state index contributed by atoms with van der Waals surface area (Å²) in [5.41, 5.74) is 1.03. The van der Waals surface area contributed by atoms with Crippen LogP contribution < -0.4 is 10.0 Å². The Balaban J connectivity index is 1.93. The van der Waals surface area contributed by atoms with Crippen LogP contribution in [0.15, 0.2) is 59.5 Å². The highest BCUT2D eigenvalue weighted by Crippen LogP contribution is 2.15. The number of nitro benzene ring substituents is 1. The van der Waals surface area contributed by atoms with Gasteiger partial charge in [0.15, 0.2) is 0 Å². The van der Waals surface area contributed by atoms with E-state index in [-0.39, 0.29) is 17.1 Å². The van der Waals surface area contributed by atoms with Gasteiger partial charge in [0.05, 0.1) is 9.82 Å². The molecule has 0 atom stereocenters. The maximum Gasteiger partial charge on any atom is 0.269 e. The first-order valence-corrected chi connectivity index (χ1v) is 10.1. The summed E-state index contributed by atoms with van der Waals surface area (Å²) in [5.74, 6) is -0.420. The Morgan fingerprint density at radius 3 is 2.38 bits per heavy atom. The van der Waals surface area contributed by atoms with Crippen molar-refractivity contribution in [2.24, 2.45) is 0 Å². The Morgan fingerprint density at radius 1 is 1.14 bits per heavy atom. The number of non-ortho nitro benzene ring substituents is 1. The summed E-state index contributed by atoms with van der Waals surface area (Å²) >= 11 is 0. The fraction of sp³-hybridized carbons (Fsp3) is 0.211. The molecule has 0 unspecified atom stereocenters. The number of rotatable bonds is 10. The largest absolute Gasteiger partial charge is 0.385 e. The summed E-state index contributed by atoms with van der Waals surface area (Å²) in [6, 6.07) is 11.5. The molecule has 0 saturated carbocycles. The van der Waals surface area contributed by atoms with Crippen LogP contribution in [0.3, 0.4) is 0 Å². The van der Waals surface area contributed by atoms with E-state index in [4.69, 9.17) is 4.74 Å². The number of carbonyl (C=O) groups excluding carboxylic acids is 1. The van der Waals surface area contributed by atoms with Gasteiger partial charge in [0, 0.05) is 44.2 Å². The number of nitro groups is 1. The van der Waals surface area contributed by atoms with E-state index in [0.717, 1.165) is 0 Å². The third-order valence-corrected chi connectivity index (χ3v) is 5.26. The predicted molar refractivity (Wildman–Crippen MR) is 109 cm³/mol. The molecule has 10 heteroatoms. The van der Waals surface area contributed by atoms with Crippen molar-refractivity contribution in [1.29, 1.82) is 0 Å². The van der Waals surface area contributed by atoms with E-state index in [0.29, 0.717) is 24.3 Å². The summed E-state index contributed by atoms with van der Waals surface area (Å²) in [6.45, 7) is 0.725. The van der Waals surface area contributed by atoms with Gasteiger partial charge in [0.1, 0.15) is 0 Å². The maximum absolute atomic E-state index is 12.2. The van der Waals surface area contributed by atoms with Crippen molar-refractivity contribution in [1.82, 2.24) is 4.72 Å². The summed E-state index contributed by atoms with van der Waals surface area (Å²) in [4.78, 5) is 22.2. The van der Waals surface area contributed by atoms with Gasteiger partial charge >= 0.3 is 0 Å². The minimum Gasteiger partial charge on any atom is -0.385 e. The molecule has 0 heterocycles. The van der Waals surface area contributed by atoms with Crippen molar-refractivity contribution in [2.45, 2.75) is 11.3 Å². The predicted octanol–water partition coefficient (Wildman–Crippen LogP) is 2.56. The minimum atomic E-state index is -3.62. The number of ether oxygens (including phenoxy) is 1. The Hall–Kier alpha value is -3.08. The molecule has 29 heavy (non-hydrogen) atoms. The lowest BCUT2D eigenvalue weighted by Crippen LogP contribution is -2.25. The van der Waals surface area contributed by atoms with Crippen LogP contribution in [-0.2, 0) is 19.6 Å². The van der Waals surface area contributed by atoms with Gasteiger partial charge in [0.2, 0.25) is 15.9 Å². The molecule has 2 rings (SSSR count). The molecule has 0 aromatic heterocycles. The van der Waals surface area contributed by atoms with E-state index in [9.17, 15) is 23.3 Å². The monoisotopic (exact) mass is 419 g/mol. The zero-order valence-electron chi connectivity index (χ0n) is 15.7. The van der Waals surface area contributed by atoms with Crippen molar-refractivity contribution in [3.05, 3.63) is 70.3 Å². The Bertz CT molecular complexity index is 970. The first kappa shape index (κ1) is 22.2. The van der Waals surface area contributed by atoms with Crippen LogP contribution in [0.2, 0.25) is 0 Å². The number of carbonyl (C=O) groups is 1. The van der Waals surface area contributed by atoms with Crippen LogP contribution in [0.25, 0.3) is 6.08 Å². The second-order valence-corrected chi connectivity index (χ2v) is 7.71. The van der Waals surface area contributed by atoms with Gasteiger partial charge in [-0.3, -0.25) is 14.9 Å². The summed E-state index contributed by atoms with van der Waals surface area (Å²) in [6.07, 6.45) is 3.36. The summed E-state index contributed by atoms with van der Waals surface area (Å²) < 4.78 is 31.7. The number of amides is 1. The molecule has 0 bridgehead atoms. The Labute approximate surface area is 168 Å². The quantitative estimate of drug-likeness (QED) is 0.264. The van der Waals surface area contributed by atoms with Crippen LogP contribution in [0, 0.1) is 10.1 Å². The first-order chi connectivity index (χ1) is 13.8. The highest BCUT2D eigenvalue weighted by Gasteiger charge is 2.13. The number of nitrogens with zero attached hydrogens (tertiary/aromatic N) is 1.